The summed E-state index contributed by atoms with van der Waals surface area (Å²) in [5.41, 5.74) is 2.72. The number of anilines is 1. The standard InChI is InChI=1S/C17H18N4O3S/c1-2-15-14-9-13(11-19-17(14)24-20-15)25(22,23)21-8-7-18-10-12-5-3-4-6-16(12)21/h3-6,9,11,18H,2,7-8,10H2,1H3. The quantitative estimate of drug-likeness (QED) is 0.771. The van der Waals surface area contributed by atoms with E-state index in [1.807, 2.05) is 31.2 Å². The molecule has 0 fully saturated rings. The number of hydrogen-bond donors (Lipinski definition) is 1. The van der Waals surface area contributed by atoms with Crippen molar-refractivity contribution in [3.63, 3.8) is 0 Å². The van der Waals surface area contributed by atoms with E-state index in [1.54, 1.807) is 6.07 Å². The molecule has 3 heterocycles. The number of aromatic nitrogens is 2. The first kappa shape index (κ1) is 16.0. The third kappa shape index (κ3) is 2.67. The molecule has 8 heteroatoms. The minimum Gasteiger partial charge on any atom is -0.336 e. The summed E-state index contributed by atoms with van der Waals surface area (Å²) >= 11 is 0. The van der Waals surface area contributed by atoms with Gasteiger partial charge in [-0.1, -0.05) is 30.3 Å². The second-order valence-electron chi connectivity index (χ2n) is 5.89. The van der Waals surface area contributed by atoms with Crippen LogP contribution in [0.4, 0.5) is 5.69 Å². The molecule has 1 aliphatic rings. The van der Waals surface area contributed by atoms with Crippen molar-refractivity contribution in [1.82, 2.24) is 15.5 Å². The van der Waals surface area contributed by atoms with Crippen molar-refractivity contribution in [3.8, 4) is 0 Å². The van der Waals surface area contributed by atoms with Crippen LogP contribution in [0.5, 0.6) is 0 Å². The van der Waals surface area contributed by atoms with Crippen LogP contribution in [0.15, 0.2) is 45.9 Å². The van der Waals surface area contributed by atoms with E-state index in [0.717, 1.165) is 5.56 Å². The molecule has 0 saturated carbocycles. The number of pyridine rings is 1. The van der Waals surface area contributed by atoms with Crippen molar-refractivity contribution in [2.75, 3.05) is 17.4 Å². The molecule has 0 bridgehead atoms. The number of fused-ring (bicyclic) bond motifs is 2. The first-order chi connectivity index (χ1) is 12.1. The van der Waals surface area contributed by atoms with Crippen LogP contribution in [0, 0.1) is 0 Å². The van der Waals surface area contributed by atoms with E-state index in [1.165, 1.54) is 10.5 Å². The Morgan fingerprint density at radius 1 is 1.32 bits per heavy atom. The van der Waals surface area contributed by atoms with Crippen LogP contribution in [0.25, 0.3) is 11.1 Å². The summed E-state index contributed by atoms with van der Waals surface area (Å²) in [6.45, 7) is 3.53. The zero-order valence-electron chi connectivity index (χ0n) is 13.8. The summed E-state index contributed by atoms with van der Waals surface area (Å²) in [4.78, 5) is 4.29. The van der Waals surface area contributed by atoms with E-state index in [9.17, 15) is 8.42 Å². The summed E-state index contributed by atoms with van der Waals surface area (Å²) in [6.07, 6.45) is 1.98. The zero-order valence-corrected chi connectivity index (χ0v) is 14.6. The highest BCUT2D eigenvalue weighted by atomic mass is 32.2. The molecule has 0 radical (unpaired) electrons. The number of hydrogen-bond acceptors (Lipinski definition) is 6. The highest BCUT2D eigenvalue weighted by Crippen LogP contribution is 2.29. The Kier molecular flexibility index (Phi) is 3.93. The van der Waals surface area contributed by atoms with Gasteiger partial charge in [0.25, 0.3) is 15.7 Å². The molecular formula is C17H18N4O3S. The van der Waals surface area contributed by atoms with Gasteiger partial charge in [-0.25, -0.2) is 13.4 Å². The van der Waals surface area contributed by atoms with Crippen LogP contribution in [-0.4, -0.2) is 31.6 Å². The number of sulfonamides is 1. The fourth-order valence-electron chi connectivity index (χ4n) is 3.06. The molecule has 3 aromatic rings. The molecule has 0 unspecified atom stereocenters. The lowest BCUT2D eigenvalue weighted by molar-refractivity contribution is 0.439. The highest BCUT2D eigenvalue weighted by molar-refractivity contribution is 7.92. The van der Waals surface area contributed by atoms with E-state index in [0.29, 0.717) is 48.5 Å². The third-order valence-electron chi connectivity index (χ3n) is 4.37. The van der Waals surface area contributed by atoms with Crippen LogP contribution in [0.3, 0.4) is 0 Å². The van der Waals surface area contributed by atoms with Gasteiger partial charge >= 0.3 is 0 Å². The van der Waals surface area contributed by atoms with Crippen molar-refractivity contribution in [2.45, 2.75) is 24.8 Å². The predicted molar refractivity (Wildman–Crippen MR) is 93.9 cm³/mol. The summed E-state index contributed by atoms with van der Waals surface area (Å²) in [6, 6.07) is 9.14. The Morgan fingerprint density at radius 3 is 3.00 bits per heavy atom. The minimum atomic E-state index is -3.73. The van der Waals surface area contributed by atoms with Crippen molar-refractivity contribution in [3.05, 3.63) is 47.8 Å². The molecule has 0 atom stereocenters. The topological polar surface area (TPSA) is 88.3 Å². The number of nitrogens with one attached hydrogen (secondary N) is 1. The lowest BCUT2D eigenvalue weighted by atomic mass is 10.2. The van der Waals surface area contributed by atoms with E-state index < -0.39 is 10.0 Å². The van der Waals surface area contributed by atoms with Gasteiger partial charge in [0, 0.05) is 19.6 Å². The molecule has 0 aliphatic carbocycles. The zero-order chi connectivity index (χ0) is 17.4. The first-order valence-electron chi connectivity index (χ1n) is 8.17. The molecule has 0 saturated heterocycles. The van der Waals surface area contributed by atoms with E-state index in [4.69, 9.17) is 4.52 Å². The van der Waals surface area contributed by atoms with Crippen LogP contribution in [0.2, 0.25) is 0 Å². The molecule has 1 N–H and O–H groups in total. The number of rotatable bonds is 3. The molecule has 1 aromatic carbocycles. The van der Waals surface area contributed by atoms with E-state index in [-0.39, 0.29) is 4.90 Å². The van der Waals surface area contributed by atoms with Gasteiger partial charge in [0.2, 0.25) is 0 Å². The van der Waals surface area contributed by atoms with E-state index in [2.05, 4.69) is 15.5 Å². The lowest BCUT2D eigenvalue weighted by Crippen LogP contribution is -2.34. The highest BCUT2D eigenvalue weighted by Gasteiger charge is 2.29. The van der Waals surface area contributed by atoms with Gasteiger partial charge in [-0.15, -0.1) is 0 Å². The minimum absolute atomic E-state index is 0.148. The second kappa shape index (κ2) is 6.12. The molecule has 0 spiro atoms. The molecule has 0 amide bonds. The average Bonchev–Trinajstić information content (AvgIpc) is 2.91. The van der Waals surface area contributed by atoms with Gasteiger partial charge in [0.05, 0.1) is 23.0 Å². The van der Waals surface area contributed by atoms with Crippen LogP contribution >= 0.6 is 0 Å². The monoisotopic (exact) mass is 358 g/mol. The Morgan fingerprint density at radius 2 is 2.16 bits per heavy atom. The van der Waals surface area contributed by atoms with Gasteiger partial charge in [-0.2, -0.15) is 0 Å². The Hall–Kier alpha value is -2.45. The number of nitrogens with zero attached hydrogens (tertiary/aromatic N) is 3. The van der Waals surface area contributed by atoms with Gasteiger partial charge in [0.1, 0.15) is 4.90 Å². The molecule has 2 aromatic heterocycles. The third-order valence-corrected chi connectivity index (χ3v) is 6.15. The Labute approximate surface area is 145 Å². The lowest BCUT2D eigenvalue weighted by Gasteiger charge is -2.24. The molecule has 130 valence electrons. The van der Waals surface area contributed by atoms with Gasteiger partial charge < -0.3 is 9.84 Å². The SMILES string of the molecule is CCc1noc2ncc(S(=O)(=O)N3CCNCc4ccccc43)cc12. The van der Waals surface area contributed by atoms with Crippen molar-refractivity contribution < 1.29 is 12.9 Å². The van der Waals surface area contributed by atoms with Gasteiger partial charge in [-0.05, 0) is 24.1 Å². The van der Waals surface area contributed by atoms with Gasteiger partial charge in [-0.3, -0.25) is 4.31 Å². The molecule has 1 aliphatic heterocycles. The Bertz CT molecular complexity index is 1030. The normalized spacial score (nSPS) is 15.2. The number of para-hydroxylation sites is 1. The largest absolute Gasteiger partial charge is 0.336 e. The first-order valence-corrected chi connectivity index (χ1v) is 9.61. The van der Waals surface area contributed by atoms with Crippen molar-refractivity contribution >= 4 is 26.8 Å². The maximum atomic E-state index is 13.3. The molecule has 25 heavy (non-hydrogen) atoms. The van der Waals surface area contributed by atoms with E-state index >= 15 is 0 Å². The maximum absolute atomic E-state index is 13.3. The fraction of sp³-hybridized carbons (Fsp3) is 0.294. The summed E-state index contributed by atoms with van der Waals surface area (Å²) in [5.74, 6) is 0. The molecule has 7 nitrogen and oxygen atoms in total. The van der Waals surface area contributed by atoms with Gasteiger partial charge in [0.15, 0.2) is 0 Å². The van der Waals surface area contributed by atoms with Crippen LogP contribution < -0.4 is 9.62 Å². The van der Waals surface area contributed by atoms with Crippen LogP contribution in [0.1, 0.15) is 18.2 Å². The Balaban J connectivity index is 1.84. The fourth-order valence-corrected chi connectivity index (χ4v) is 4.54. The maximum Gasteiger partial charge on any atom is 0.265 e. The second-order valence-corrected chi connectivity index (χ2v) is 7.75. The van der Waals surface area contributed by atoms with Crippen molar-refractivity contribution in [1.29, 1.82) is 0 Å². The smallest absolute Gasteiger partial charge is 0.265 e. The number of aryl methyl sites for hydroxylation is 1. The summed E-state index contributed by atoms with van der Waals surface area (Å²) in [7, 11) is -3.73. The van der Waals surface area contributed by atoms with Crippen molar-refractivity contribution in [2.24, 2.45) is 0 Å². The summed E-state index contributed by atoms with van der Waals surface area (Å²) < 4.78 is 33.1. The molecular weight excluding hydrogens is 340 g/mol. The summed E-state index contributed by atoms with van der Waals surface area (Å²) in [5, 5.41) is 7.84. The number of benzene rings is 1. The molecule has 4 rings (SSSR count). The average molecular weight is 358 g/mol. The predicted octanol–water partition coefficient (Wildman–Crippen LogP) is 2.08. The van der Waals surface area contributed by atoms with Crippen LogP contribution in [-0.2, 0) is 23.0 Å².